The molecule has 112 valence electrons. The highest BCUT2D eigenvalue weighted by molar-refractivity contribution is 5.90. The van der Waals surface area contributed by atoms with Gasteiger partial charge in [-0.05, 0) is 5.56 Å². The van der Waals surface area contributed by atoms with Crippen LogP contribution in [0.1, 0.15) is 15.9 Å². The maximum absolute atomic E-state index is 13.4. The van der Waals surface area contributed by atoms with E-state index in [1.54, 1.807) is 13.2 Å². The predicted molar refractivity (Wildman–Crippen MR) is 63.5 cm³/mol. The van der Waals surface area contributed by atoms with Crippen LogP contribution < -0.4 is 0 Å². The van der Waals surface area contributed by atoms with Gasteiger partial charge in [-0.15, -0.1) is 0 Å². The summed E-state index contributed by atoms with van der Waals surface area (Å²) in [5, 5.41) is 3.88. The van der Waals surface area contributed by atoms with Gasteiger partial charge < -0.3 is 4.74 Å². The van der Waals surface area contributed by atoms with Crippen LogP contribution in [0, 0.1) is 23.3 Å². The molecular weight excluding hydrogens is 292 g/mol. The molecule has 0 aliphatic carbocycles. The van der Waals surface area contributed by atoms with Gasteiger partial charge in [-0.3, -0.25) is 4.68 Å². The fourth-order valence-corrected chi connectivity index (χ4v) is 1.69. The molecule has 1 aromatic heterocycles. The van der Waals surface area contributed by atoms with Gasteiger partial charge in [0.2, 0.25) is 0 Å². The molecule has 0 aliphatic heterocycles. The monoisotopic (exact) mass is 302 g/mol. The molecule has 2 aromatic rings. The normalized spacial score (nSPS) is 10.7. The number of rotatable bonds is 4. The Hall–Kier alpha value is -2.38. The molecule has 0 bridgehead atoms. The zero-order valence-corrected chi connectivity index (χ0v) is 10.9. The van der Waals surface area contributed by atoms with Gasteiger partial charge in [0.15, 0.2) is 23.3 Å². The lowest BCUT2D eigenvalue weighted by molar-refractivity contribution is 0.0495. The second kappa shape index (κ2) is 5.94. The number of carbonyl (C=O) groups excluding carboxylic acids is 1. The maximum Gasteiger partial charge on any atom is 0.344 e. The van der Waals surface area contributed by atoms with Crippen molar-refractivity contribution in [3.05, 3.63) is 52.9 Å². The van der Waals surface area contributed by atoms with E-state index < -0.39 is 34.8 Å². The van der Waals surface area contributed by atoms with E-state index in [0.29, 0.717) is 0 Å². The van der Waals surface area contributed by atoms with Crippen LogP contribution in [0.15, 0.2) is 18.5 Å². The lowest BCUT2D eigenvalue weighted by Crippen LogP contribution is -2.14. The van der Waals surface area contributed by atoms with Crippen molar-refractivity contribution in [3.8, 4) is 0 Å². The molecule has 21 heavy (non-hydrogen) atoms. The highest BCUT2D eigenvalue weighted by Gasteiger charge is 2.25. The number of esters is 1. The Morgan fingerprint density at radius 3 is 2.38 bits per heavy atom. The van der Waals surface area contributed by atoms with Gasteiger partial charge in [-0.1, -0.05) is 0 Å². The van der Waals surface area contributed by atoms with Gasteiger partial charge in [0.05, 0.1) is 12.8 Å². The standard InChI is InChI=1S/C13H10F4N2O2/c1-19-6-7(5-18-19)2-3-21-13(20)10-11(16)8(14)4-9(15)12(10)17/h4-6H,2-3H2,1H3. The van der Waals surface area contributed by atoms with E-state index >= 15 is 0 Å². The molecule has 0 aliphatic rings. The van der Waals surface area contributed by atoms with E-state index in [-0.39, 0.29) is 19.1 Å². The smallest absolute Gasteiger partial charge is 0.344 e. The van der Waals surface area contributed by atoms with E-state index in [4.69, 9.17) is 0 Å². The number of ether oxygens (including phenoxy) is 1. The number of aromatic nitrogens is 2. The van der Waals surface area contributed by atoms with Crippen molar-refractivity contribution in [1.82, 2.24) is 9.78 Å². The number of benzene rings is 1. The summed E-state index contributed by atoms with van der Waals surface area (Å²) < 4.78 is 58.8. The molecule has 1 aromatic carbocycles. The zero-order chi connectivity index (χ0) is 15.6. The average Bonchev–Trinajstić information content (AvgIpc) is 2.82. The van der Waals surface area contributed by atoms with Gasteiger partial charge in [0.25, 0.3) is 0 Å². The van der Waals surface area contributed by atoms with Crippen LogP contribution in [-0.4, -0.2) is 22.4 Å². The highest BCUT2D eigenvalue weighted by atomic mass is 19.2. The van der Waals surface area contributed by atoms with Crippen molar-refractivity contribution in [2.75, 3.05) is 6.61 Å². The molecule has 4 nitrogen and oxygen atoms in total. The third-order valence-electron chi connectivity index (χ3n) is 2.70. The Kier molecular flexibility index (Phi) is 4.25. The zero-order valence-electron chi connectivity index (χ0n) is 10.9. The van der Waals surface area contributed by atoms with Crippen molar-refractivity contribution in [3.63, 3.8) is 0 Å². The van der Waals surface area contributed by atoms with Crippen molar-refractivity contribution in [1.29, 1.82) is 0 Å². The molecule has 8 heteroatoms. The van der Waals surface area contributed by atoms with Crippen LogP contribution in [0.4, 0.5) is 17.6 Å². The van der Waals surface area contributed by atoms with Gasteiger partial charge in [-0.2, -0.15) is 5.10 Å². The molecule has 0 atom stereocenters. The third-order valence-corrected chi connectivity index (χ3v) is 2.70. The summed E-state index contributed by atoms with van der Waals surface area (Å²) in [7, 11) is 1.69. The Labute approximate surface area is 116 Å². The first-order valence-corrected chi connectivity index (χ1v) is 5.87. The Morgan fingerprint density at radius 2 is 1.86 bits per heavy atom. The number of nitrogens with zero attached hydrogens (tertiary/aromatic N) is 2. The van der Waals surface area contributed by atoms with Crippen molar-refractivity contribution < 1.29 is 27.1 Å². The Balaban J connectivity index is 2.07. The van der Waals surface area contributed by atoms with Gasteiger partial charge in [-0.25, -0.2) is 22.4 Å². The Bertz CT molecular complexity index is 659. The summed E-state index contributed by atoms with van der Waals surface area (Å²) in [6.07, 6.45) is 3.44. The number of hydrogen-bond donors (Lipinski definition) is 0. The largest absolute Gasteiger partial charge is 0.462 e. The lowest BCUT2D eigenvalue weighted by Gasteiger charge is -2.07. The molecule has 1 heterocycles. The van der Waals surface area contributed by atoms with Crippen LogP contribution in [0.25, 0.3) is 0 Å². The molecule has 0 radical (unpaired) electrons. The maximum atomic E-state index is 13.4. The molecule has 0 saturated heterocycles. The fourth-order valence-electron chi connectivity index (χ4n) is 1.69. The van der Waals surface area contributed by atoms with Gasteiger partial charge in [0, 0.05) is 25.7 Å². The van der Waals surface area contributed by atoms with Crippen LogP contribution in [0.2, 0.25) is 0 Å². The van der Waals surface area contributed by atoms with Crippen LogP contribution >= 0.6 is 0 Å². The van der Waals surface area contributed by atoms with Gasteiger partial charge >= 0.3 is 5.97 Å². The van der Waals surface area contributed by atoms with Gasteiger partial charge in [0.1, 0.15) is 5.56 Å². The minimum absolute atomic E-state index is 0.0249. The first kappa shape index (κ1) is 15.0. The molecule has 0 unspecified atom stereocenters. The average molecular weight is 302 g/mol. The number of hydrogen-bond acceptors (Lipinski definition) is 3. The predicted octanol–water partition coefficient (Wildman–Crippen LogP) is 2.38. The highest BCUT2D eigenvalue weighted by Crippen LogP contribution is 2.20. The van der Waals surface area contributed by atoms with E-state index in [2.05, 4.69) is 9.84 Å². The van der Waals surface area contributed by atoms with Crippen molar-refractivity contribution in [2.24, 2.45) is 7.05 Å². The molecule has 0 saturated carbocycles. The third kappa shape index (κ3) is 3.21. The minimum atomic E-state index is -1.78. The first-order valence-electron chi connectivity index (χ1n) is 5.87. The molecule has 2 rings (SSSR count). The summed E-state index contributed by atoms with van der Waals surface area (Å²) in [5.41, 5.74) is -0.643. The first-order chi connectivity index (χ1) is 9.90. The number of halogens is 4. The summed E-state index contributed by atoms with van der Waals surface area (Å²) >= 11 is 0. The lowest BCUT2D eigenvalue weighted by atomic mass is 10.2. The minimum Gasteiger partial charge on any atom is -0.462 e. The summed E-state index contributed by atoms with van der Waals surface area (Å²) in [6.45, 7) is -0.207. The summed E-state index contributed by atoms with van der Waals surface area (Å²) in [5.74, 6) is -8.34. The molecule has 0 fully saturated rings. The van der Waals surface area contributed by atoms with E-state index in [9.17, 15) is 22.4 Å². The van der Waals surface area contributed by atoms with Crippen LogP contribution in [0.3, 0.4) is 0 Å². The molecule has 0 spiro atoms. The quantitative estimate of drug-likeness (QED) is 0.495. The van der Waals surface area contributed by atoms with Crippen LogP contribution in [-0.2, 0) is 18.2 Å². The topological polar surface area (TPSA) is 44.1 Å². The van der Waals surface area contributed by atoms with E-state index in [0.717, 1.165) is 5.56 Å². The fraction of sp³-hybridized carbons (Fsp3) is 0.231. The molecular formula is C13H10F4N2O2. The van der Waals surface area contributed by atoms with Crippen molar-refractivity contribution in [2.45, 2.75) is 6.42 Å². The number of carbonyl (C=O) groups is 1. The summed E-state index contributed by atoms with van der Waals surface area (Å²) in [4.78, 5) is 11.5. The second-order valence-electron chi connectivity index (χ2n) is 4.25. The summed E-state index contributed by atoms with van der Waals surface area (Å²) in [6, 6.07) is 0.0249. The molecule has 0 amide bonds. The van der Waals surface area contributed by atoms with E-state index in [1.807, 2.05) is 0 Å². The van der Waals surface area contributed by atoms with E-state index in [1.165, 1.54) is 10.9 Å². The SMILES string of the molecule is Cn1cc(CCOC(=O)c2c(F)c(F)cc(F)c2F)cn1. The Morgan fingerprint density at radius 1 is 1.24 bits per heavy atom. The number of aryl methyl sites for hydroxylation is 1. The second-order valence-corrected chi connectivity index (χ2v) is 4.25. The molecule has 0 N–H and O–H groups in total. The van der Waals surface area contributed by atoms with Crippen LogP contribution in [0.5, 0.6) is 0 Å². The van der Waals surface area contributed by atoms with Crippen molar-refractivity contribution >= 4 is 5.97 Å².